The first-order chi connectivity index (χ1) is 10.3. The van der Waals surface area contributed by atoms with Crippen molar-refractivity contribution in [2.45, 2.75) is 0 Å². The van der Waals surface area contributed by atoms with Gasteiger partial charge in [-0.25, -0.2) is 9.97 Å². The average molecular weight is 330 g/mol. The van der Waals surface area contributed by atoms with E-state index >= 15 is 0 Å². The molecule has 21 heavy (non-hydrogen) atoms. The fraction of sp³-hybridized carbons (Fsp3) is 0. The number of fused-ring (bicyclic) bond motifs is 1. The Balaban J connectivity index is 1.83. The second-order valence-electron chi connectivity index (χ2n) is 4.39. The first-order valence-electron chi connectivity index (χ1n) is 6.22. The summed E-state index contributed by atoms with van der Waals surface area (Å²) in [6.07, 6.45) is 3.53. The second kappa shape index (κ2) is 5.18. The summed E-state index contributed by atoms with van der Waals surface area (Å²) in [5.41, 5.74) is 1.83. The van der Waals surface area contributed by atoms with Crippen LogP contribution in [0.1, 0.15) is 0 Å². The quantitative estimate of drug-likeness (QED) is 0.511. The number of nitrogens with zero attached hydrogens (tertiary/aromatic N) is 3. The lowest BCUT2D eigenvalue weighted by Gasteiger charge is -1.97. The van der Waals surface area contributed by atoms with Crippen molar-refractivity contribution in [2.75, 3.05) is 0 Å². The van der Waals surface area contributed by atoms with E-state index in [1.54, 1.807) is 23.7 Å². The molecular formula is C15H8ClN3S2. The van der Waals surface area contributed by atoms with Gasteiger partial charge in [0.2, 0.25) is 0 Å². The third-order valence-electron chi connectivity index (χ3n) is 3.04. The predicted molar refractivity (Wildman–Crippen MR) is 89.0 cm³/mol. The van der Waals surface area contributed by atoms with E-state index in [-0.39, 0.29) is 0 Å². The zero-order valence-electron chi connectivity index (χ0n) is 10.7. The van der Waals surface area contributed by atoms with Crippen LogP contribution in [0.2, 0.25) is 5.15 Å². The van der Waals surface area contributed by atoms with Gasteiger partial charge in [0.05, 0.1) is 10.6 Å². The Kier molecular flexibility index (Phi) is 3.18. The Morgan fingerprint density at radius 1 is 1.05 bits per heavy atom. The summed E-state index contributed by atoms with van der Waals surface area (Å²) in [6, 6.07) is 9.98. The molecule has 0 bridgehead atoms. The number of hydrogen-bond acceptors (Lipinski definition) is 5. The number of halogens is 1. The number of thiophene rings is 1. The molecule has 4 rings (SSSR count). The first-order valence-corrected chi connectivity index (χ1v) is 8.30. The Bertz CT molecular complexity index is 915. The molecule has 102 valence electrons. The minimum absolute atomic E-state index is 0.488. The Labute approximate surface area is 133 Å². The van der Waals surface area contributed by atoms with Gasteiger partial charge in [-0.3, -0.25) is 4.98 Å². The molecule has 0 atom stereocenters. The molecule has 0 saturated carbocycles. The number of rotatable bonds is 2. The summed E-state index contributed by atoms with van der Waals surface area (Å²) in [4.78, 5) is 15.1. The molecule has 0 fully saturated rings. The van der Waals surface area contributed by atoms with E-state index in [4.69, 9.17) is 11.6 Å². The monoisotopic (exact) mass is 329 g/mol. The molecule has 0 radical (unpaired) electrons. The summed E-state index contributed by atoms with van der Waals surface area (Å²) in [7, 11) is 0. The third-order valence-corrected chi connectivity index (χ3v) is 5.38. The van der Waals surface area contributed by atoms with Crippen LogP contribution in [-0.2, 0) is 0 Å². The van der Waals surface area contributed by atoms with Crippen LogP contribution in [0.25, 0.3) is 31.4 Å². The van der Waals surface area contributed by atoms with Crippen molar-refractivity contribution in [3.05, 3.63) is 53.3 Å². The highest BCUT2D eigenvalue weighted by molar-refractivity contribution is 7.19. The molecule has 0 aliphatic carbocycles. The molecule has 0 aliphatic rings. The molecule has 0 N–H and O–H groups in total. The van der Waals surface area contributed by atoms with Gasteiger partial charge in [0.1, 0.15) is 15.0 Å². The number of thiazole rings is 1. The van der Waals surface area contributed by atoms with Crippen molar-refractivity contribution in [1.82, 2.24) is 15.0 Å². The summed E-state index contributed by atoms with van der Waals surface area (Å²) >= 11 is 9.46. The number of aromatic nitrogens is 3. The van der Waals surface area contributed by atoms with Gasteiger partial charge in [-0.2, -0.15) is 0 Å². The zero-order valence-corrected chi connectivity index (χ0v) is 13.0. The molecule has 0 amide bonds. The fourth-order valence-electron chi connectivity index (χ4n) is 2.04. The lowest BCUT2D eigenvalue weighted by Crippen LogP contribution is -1.79. The largest absolute Gasteiger partial charge is 0.264 e. The highest BCUT2D eigenvalue weighted by Crippen LogP contribution is 2.37. The molecule has 4 aromatic rings. The van der Waals surface area contributed by atoms with E-state index in [1.807, 2.05) is 23.6 Å². The molecule has 4 heterocycles. The smallest absolute Gasteiger partial charge is 0.150 e. The van der Waals surface area contributed by atoms with Crippen LogP contribution in [0.5, 0.6) is 0 Å². The van der Waals surface area contributed by atoms with Gasteiger partial charge >= 0.3 is 0 Å². The minimum atomic E-state index is 0.488. The van der Waals surface area contributed by atoms with Crippen LogP contribution < -0.4 is 0 Å². The standard InChI is InChI=1S/C15H8ClN3S2/c16-13-12(11-4-3-9-5-7-20-14(9)18-11)21-15(19-13)10-2-1-6-17-8-10/h1-8H. The van der Waals surface area contributed by atoms with Crippen LogP contribution in [0, 0.1) is 0 Å². The first kappa shape index (κ1) is 12.9. The van der Waals surface area contributed by atoms with E-state index in [2.05, 4.69) is 27.1 Å². The van der Waals surface area contributed by atoms with Gasteiger partial charge in [-0.1, -0.05) is 11.6 Å². The molecule has 0 aromatic carbocycles. The molecule has 0 aliphatic heterocycles. The molecule has 0 unspecified atom stereocenters. The summed E-state index contributed by atoms with van der Waals surface area (Å²) in [5, 5.41) is 4.53. The van der Waals surface area contributed by atoms with Crippen LogP contribution in [0.3, 0.4) is 0 Å². The van der Waals surface area contributed by atoms with E-state index in [1.165, 1.54) is 11.3 Å². The van der Waals surface area contributed by atoms with Gasteiger partial charge in [-0.05, 0) is 35.7 Å². The predicted octanol–water partition coefficient (Wildman–Crippen LogP) is 5.14. The van der Waals surface area contributed by atoms with E-state index in [9.17, 15) is 0 Å². The zero-order chi connectivity index (χ0) is 14.2. The van der Waals surface area contributed by atoms with Gasteiger partial charge in [0.25, 0.3) is 0 Å². The third kappa shape index (κ3) is 2.33. The van der Waals surface area contributed by atoms with Crippen LogP contribution >= 0.6 is 34.3 Å². The number of pyridine rings is 2. The van der Waals surface area contributed by atoms with Crippen molar-refractivity contribution >= 4 is 44.5 Å². The van der Waals surface area contributed by atoms with Gasteiger partial charge in [-0.15, -0.1) is 22.7 Å². The SMILES string of the molecule is Clc1nc(-c2cccnc2)sc1-c1ccc2ccsc2n1. The van der Waals surface area contributed by atoms with Crippen molar-refractivity contribution < 1.29 is 0 Å². The van der Waals surface area contributed by atoms with Crippen molar-refractivity contribution in [2.24, 2.45) is 0 Å². The maximum absolute atomic E-state index is 6.30. The molecule has 4 aromatic heterocycles. The molecule has 0 saturated heterocycles. The molecule has 6 heteroatoms. The van der Waals surface area contributed by atoms with Crippen LogP contribution in [0.4, 0.5) is 0 Å². The molecular weight excluding hydrogens is 322 g/mol. The Hall–Kier alpha value is -1.82. The van der Waals surface area contributed by atoms with E-state index in [0.717, 1.165) is 31.4 Å². The van der Waals surface area contributed by atoms with Gasteiger partial charge in [0.15, 0.2) is 0 Å². The van der Waals surface area contributed by atoms with Gasteiger partial charge in [0, 0.05) is 23.3 Å². The molecule has 0 spiro atoms. The lowest BCUT2D eigenvalue weighted by atomic mass is 10.3. The van der Waals surface area contributed by atoms with Crippen molar-refractivity contribution in [3.8, 4) is 21.1 Å². The fourth-order valence-corrected chi connectivity index (χ4v) is 4.07. The number of hydrogen-bond donors (Lipinski definition) is 0. The van der Waals surface area contributed by atoms with Crippen molar-refractivity contribution in [1.29, 1.82) is 0 Å². The maximum Gasteiger partial charge on any atom is 0.150 e. The minimum Gasteiger partial charge on any atom is -0.264 e. The lowest BCUT2D eigenvalue weighted by molar-refractivity contribution is 1.31. The Morgan fingerprint density at radius 3 is 2.86 bits per heavy atom. The summed E-state index contributed by atoms with van der Waals surface area (Å²) in [6.45, 7) is 0. The topological polar surface area (TPSA) is 38.7 Å². The maximum atomic E-state index is 6.30. The van der Waals surface area contributed by atoms with Crippen molar-refractivity contribution in [3.63, 3.8) is 0 Å². The average Bonchev–Trinajstić information content (AvgIpc) is 3.13. The highest BCUT2D eigenvalue weighted by atomic mass is 35.5. The van der Waals surface area contributed by atoms with Crippen LogP contribution in [-0.4, -0.2) is 15.0 Å². The second-order valence-corrected chi connectivity index (χ2v) is 6.64. The summed E-state index contributed by atoms with van der Waals surface area (Å²) in [5.74, 6) is 0. The van der Waals surface area contributed by atoms with E-state index < -0.39 is 0 Å². The van der Waals surface area contributed by atoms with E-state index in [0.29, 0.717) is 5.15 Å². The Morgan fingerprint density at radius 2 is 2.00 bits per heavy atom. The molecule has 3 nitrogen and oxygen atoms in total. The highest BCUT2D eigenvalue weighted by Gasteiger charge is 2.14. The van der Waals surface area contributed by atoms with Crippen LogP contribution in [0.15, 0.2) is 48.1 Å². The normalized spacial score (nSPS) is 11.1. The van der Waals surface area contributed by atoms with Gasteiger partial charge < -0.3 is 0 Å². The summed E-state index contributed by atoms with van der Waals surface area (Å²) < 4.78 is 0.